The van der Waals surface area contributed by atoms with Crippen LogP contribution in [-0.4, -0.2) is 28.7 Å². The SMILES string of the molecule is Cc1ccc(C(=O)N2CCCCCC2CBr)c(C)c1. The highest BCUT2D eigenvalue weighted by Gasteiger charge is 2.26. The van der Waals surface area contributed by atoms with Crippen LogP contribution in [0, 0.1) is 13.8 Å². The molecule has 1 fully saturated rings. The van der Waals surface area contributed by atoms with Crippen molar-refractivity contribution >= 4 is 21.8 Å². The lowest BCUT2D eigenvalue weighted by molar-refractivity contribution is 0.0701. The maximum Gasteiger partial charge on any atom is 0.254 e. The number of nitrogens with zero attached hydrogens (tertiary/aromatic N) is 1. The first-order valence-corrected chi connectivity index (χ1v) is 8.20. The van der Waals surface area contributed by atoms with Crippen molar-refractivity contribution in [3.8, 4) is 0 Å². The summed E-state index contributed by atoms with van der Waals surface area (Å²) in [6.45, 7) is 4.98. The second-order valence-corrected chi connectivity index (χ2v) is 6.12. The number of amides is 1. The average molecular weight is 324 g/mol. The van der Waals surface area contributed by atoms with Crippen LogP contribution in [-0.2, 0) is 0 Å². The van der Waals surface area contributed by atoms with Crippen LogP contribution < -0.4 is 0 Å². The second-order valence-electron chi connectivity index (χ2n) is 5.47. The maximum absolute atomic E-state index is 12.8. The van der Waals surface area contributed by atoms with Crippen molar-refractivity contribution in [2.24, 2.45) is 0 Å². The minimum atomic E-state index is 0.198. The van der Waals surface area contributed by atoms with Gasteiger partial charge in [-0.05, 0) is 38.3 Å². The third-order valence-electron chi connectivity index (χ3n) is 3.93. The molecule has 0 aliphatic carbocycles. The van der Waals surface area contributed by atoms with E-state index in [2.05, 4.69) is 33.8 Å². The van der Waals surface area contributed by atoms with Crippen molar-refractivity contribution in [3.05, 3.63) is 34.9 Å². The van der Waals surface area contributed by atoms with E-state index in [4.69, 9.17) is 0 Å². The Labute approximate surface area is 124 Å². The van der Waals surface area contributed by atoms with E-state index in [0.717, 1.165) is 35.8 Å². The number of hydrogen-bond acceptors (Lipinski definition) is 1. The van der Waals surface area contributed by atoms with E-state index in [1.165, 1.54) is 18.4 Å². The molecule has 1 unspecified atom stereocenters. The Morgan fingerprint density at radius 2 is 2.11 bits per heavy atom. The number of hydrogen-bond donors (Lipinski definition) is 0. The lowest BCUT2D eigenvalue weighted by Gasteiger charge is -2.29. The van der Waals surface area contributed by atoms with Crippen molar-refractivity contribution in [2.75, 3.05) is 11.9 Å². The first-order chi connectivity index (χ1) is 9.13. The molecule has 0 bridgehead atoms. The molecule has 1 heterocycles. The van der Waals surface area contributed by atoms with E-state index in [9.17, 15) is 4.79 Å². The van der Waals surface area contributed by atoms with Gasteiger partial charge >= 0.3 is 0 Å². The topological polar surface area (TPSA) is 20.3 Å². The first-order valence-electron chi connectivity index (χ1n) is 7.07. The van der Waals surface area contributed by atoms with E-state index in [1.807, 2.05) is 19.1 Å². The summed E-state index contributed by atoms with van der Waals surface area (Å²) in [6, 6.07) is 6.44. The fraction of sp³-hybridized carbons (Fsp3) is 0.562. The Balaban J connectivity index is 2.25. The van der Waals surface area contributed by atoms with E-state index < -0.39 is 0 Å². The van der Waals surface area contributed by atoms with Gasteiger partial charge in [0, 0.05) is 23.5 Å². The number of likely N-dealkylation sites (tertiary alicyclic amines) is 1. The molecule has 1 atom stereocenters. The molecule has 0 spiro atoms. The van der Waals surface area contributed by atoms with Crippen molar-refractivity contribution < 1.29 is 4.79 Å². The van der Waals surface area contributed by atoms with Crippen LogP contribution in [0.15, 0.2) is 18.2 Å². The van der Waals surface area contributed by atoms with Crippen LogP contribution in [0.2, 0.25) is 0 Å². The molecule has 1 aromatic rings. The van der Waals surface area contributed by atoms with Gasteiger partial charge in [-0.3, -0.25) is 4.79 Å². The van der Waals surface area contributed by atoms with Crippen LogP contribution >= 0.6 is 15.9 Å². The Morgan fingerprint density at radius 3 is 2.79 bits per heavy atom. The largest absolute Gasteiger partial charge is 0.335 e. The fourth-order valence-corrected chi connectivity index (χ4v) is 3.49. The highest BCUT2D eigenvalue weighted by atomic mass is 79.9. The first kappa shape index (κ1) is 14.6. The predicted molar refractivity (Wildman–Crippen MR) is 83.0 cm³/mol. The van der Waals surface area contributed by atoms with Gasteiger partial charge in [0.2, 0.25) is 0 Å². The van der Waals surface area contributed by atoms with Gasteiger partial charge in [-0.15, -0.1) is 0 Å². The number of aryl methyl sites for hydroxylation is 2. The highest BCUT2D eigenvalue weighted by Crippen LogP contribution is 2.22. The minimum Gasteiger partial charge on any atom is -0.335 e. The zero-order valence-corrected chi connectivity index (χ0v) is 13.4. The molecule has 1 amide bonds. The van der Waals surface area contributed by atoms with Crippen LogP contribution in [0.3, 0.4) is 0 Å². The van der Waals surface area contributed by atoms with Gasteiger partial charge in [-0.2, -0.15) is 0 Å². The minimum absolute atomic E-state index is 0.198. The average Bonchev–Trinajstić information content (AvgIpc) is 2.63. The molecule has 2 nitrogen and oxygen atoms in total. The van der Waals surface area contributed by atoms with Crippen molar-refractivity contribution in [1.29, 1.82) is 0 Å². The molecule has 104 valence electrons. The molecule has 1 aromatic carbocycles. The Morgan fingerprint density at radius 1 is 1.32 bits per heavy atom. The van der Waals surface area contributed by atoms with Gasteiger partial charge in [0.15, 0.2) is 0 Å². The van der Waals surface area contributed by atoms with Crippen LogP contribution in [0.5, 0.6) is 0 Å². The molecule has 0 N–H and O–H groups in total. The Kier molecular flexibility index (Phi) is 5.03. The second kappa shape index (κ2) is 6.56. The molecule has 1 aliphatic heterocycles. The number of carbonyl (C=O) groups is 1. The van der Waals surface area contributed by atoms with Crippen molar-refractivity contribution in [2.45, 2.75) is 45.6 Å². The third kappa shape index (κ3) is 3.38. The zero-order chi connectivity index (χ0) is 13.8. The predicted octanol–water partition coefficient (Wildman–Crippen LogP) is 4.08. The third-order valence-corrected chi connectivity index (χ3v) is 4.68. The van der Waals surface area contributed by atoms with Crippen LogP contribution in [0.4, 0.5) is 0 Å². The number of alkyl halides is 1. The normalized spacial score (nSPS) is 20.2. The summed E-state index contributed by atoms with van der Waals surface area (Å²) in [5.41, 5.74) is 3.16. The number of benzene rings is 1. The number of rotatable bonds is 2. The van der Waals surface area contributed by atoms with Crippen molar-refractivity contribution in [1.82, 2.24) is 4.90 Å². The van der Waals surface area contributed by atoms with Gasteiger partial charge in [0.1, 0.15) is 0 Å². The molecule has 0 radical (unpaired) electrons. The lowest BCUT2D eigenvalue weighted by atomic mass is 10.0. The molecular weight excluding hydrogens is 302 g/mol. The Hall–Kier alpha value is -0.830. The van der Waals surface area contributed by atoms with E-state index in [0.29, 0.717) is 6.04 Å². The van der Waals surface area contributed by atoms with E-state index in [-0.39, 0.29) is 5.91 Å². The van der Waals surface area contributed by atoms with Gasteiger partial charge in [-0.25, -0.2) is 0 Å². The molecule has 1 saturated heterocycles. The fourth-order valence-electron chi connectivity index (χ4n) is 2.81. The quantitative estimate of drug-likeness (QED) is 0.751. The van der Waals surface area contributed by atoms with Gasteiger partial charge in [0.25, 0.3) is 5.91 Å². The molecule has 19 heavy (non-hydrogen) atoms. The highest BCUT2D eigenvalue weighted by molar-refractivity contribution is 9.09. The van der Waals surface area contributed by atoms with Gasteiger partial charge < -0.3 is 4.90 Å². The lowest BCUT2D eigenvalue weighted by Crippen LogP contribution is -2.41. The molecule has 1 aliphatic rings. The molecular formula is C16H22BrNO. The van der Waals surface area contributed by atoms with Crippen LogP contribution in [0.25, 0.3) is 0 Å². The molecule has 0 aromatic heterocycles. The molecule has 3 heteroatoms. The Bertz CT molecular complexity index is 458. The molecule has 0 saturated carbocycles. The summed E-state index contributed by atoms with van der Waals surface area (Å²) in [7, 11) is 0. The summed E-state index contributed by atoms with van der Waals surface area (Å²) in [5, 5.41) is 0.879. The number of carbonyl (C=O) groups excluding carboxylic acids is 1. The smallest absolute Gasteiger partial charge is 0.254 e. The van der Waals surface area contributed by atoms with Crippen molar-refractivity contribution in [3.63, 3.8) is 0 Å². The monoisotopic (exact) mass is 323 g/mol. The van der Waals surface area contributed by atoms with E-state index >= 15 is 0 Å². The summed E-state index contributed by atoms with van der Waals surface area (Å²) >= 11 is 3.56. The standard InChI is InChI=1S/C16H22BrNO/c1-12-7-8-15(13(2)10-12)16(19)18-9-5-3-4-6-14(18)11-17/h7-8,10,14H,3-6,9,11H2,1-2H3. The maximum atomic E-state index is 12.8. The molecule has 2 rings (SSSR count). The van der Waals surface area contributed by atoms with E-state index in [1.54, 1.807) is 0 Å². The number of halogens is 1. The summed E-state index contributed by atoms with van der Waals surface area (Å²) in [4.78, 5) is 14.8. The summed E-state index contributed by atoms with van der Waals surface area (Å²) < 4.78 is 0. The van der Waals surface area contributed by atoms with Crippen LogP contribution in [0.1, 0.15) is 47.2 Å². The van der Waals surface area contributed by atoms with Gasteiger partial charge in [-0.1, -0.05) is 46.5 Å². The van der Waals surface area contributed by atoms with Gasteiger partial charge in [0.05, 0.1) is 0 Å². The summed E-state index contributed by atoms with van der Waals surface area (Å²) in [6.07, 6.45) is 4.70. The summed E-state index contributed by atoms with van der Waals surface area (Å²) in [5.74, 6) is 0.198. The zero-order valence-electron chi connectivity index (χ0n) is 11.8.